The molecule has 19 heavy (non-hydrogen) atoms. The molecule has 98 valence electrons. The van der Waals surface area contributed by atoms with Gasteiger partial charge in [-0.2, -0.15) is 0 Å². The largest absolute Gasteiger partial charge is 0.385 e. The molecule has 1 amide bonds. The number of fused-ring (bicyclic) bond motifs is 1. The van der Waals surface area contributed by atoms with Gasteiger partial charge >= 0.3 is 0 Å². The van der Waals surface area contributed by atoms with Gasteiger partial charge in [-0.1, -0.05) is 18.2 Å². The van der Waals surface area contributed by atoms with E-state index in [1.54, 1.807) is 24.1 Å². The van der Waals surface area contributed by atoms with Gasteiger partial charge in [0.25, 0.3) is 5.56 Å². The van der Waals surface area contributed by atoms with Crippen LogP contribution in [-0.2, 0) is 4.79 Å². The molecule has 0 saturated carbocycles. The quantitative estimate of drug-likeness (QED) is 0.828. The average molecular weight is 257 g/mol. The van der Waals surface area contributed by atoms with Crippen LogP contribution in [-0.4, -0.2) is 29.0 Å². The van der Waals surface area contributed by atoms with Gasteiger partial charge in [-0.15, -0.1) is 0 Å². The van der Waals surface area contributed by atoms with Crippen LogP contribution in [0.25, 0.3) is 10.8 Å². The smallest absolute Gasteiger partial charge is 0.260 e. The van der Waals surface area contributed by atoms with Crippen molar-refractivity contribution in [3.05, 3.63) is 40.7 Å². The minimum absolute atomic E-state index is 0.0518. The Hall–Kier alpha value is -2.30. The second-order valence-corrected chi connectivity index (χ2v) is 4.90. The number of aromatic nitrogens is 1. The van der Waals surface area contributed by atoms with E-state index in [1.165, 1.54) is 4.57 Å². The highest BCUT2D eigenvalue weighted by atomic mass is 16.2. The molecule has 0 radical (unpaired) electrons. The van der Waals surface area contributed by atoms with Gasteiger partial charge < -0.3 is 10.6 Å². The Morgan fingerprint density at radius 1 is 1.26 bits per heavy atom. The molecule has 5 nitrogen and oxygen atoms in total. The third-order valence-electron chi connectivity index (χ3n) is 3.70. The SMILES string of the molecule is CN1CCC(n2c(N)cc3ccccc3c2=O)C1=O. The molecule has 1 unspecified atom stereocenters. The van der Waals surface area contributed by atoms with Crippen LogP contribution in [0, 0.1) is 0 Å². The normalized spacial score (nSPS) is 19.3. The summed E-state index contributed by atoms with van der Waals surface area (Å²) < 4.78 is 1.42. The van der Waals surface area contributed by atoms with Gasteiger partial charge in [-0.25, -0.2) is 0 Å². The van der Waals surface area contributed by atoms with Crippen molar-refractivity contribution in [2.24, 2.45) is 0 Å². The summed E-state index contributed by atoms with van der Waals surface area (Å²) in [6.45, 7) is 0.655. The number of carbonyl (C=O) groups excluding carboxylic acids is 1. The Morgan fingerprint density at radius 3 is 2.68 bits per heavy atom. The van der Waals surface area contributed by atoms with E-state index in [1.807, 2.05) is 18.2 Å². The number of hydrogen-bond donors (Lipinski definition) is 1. The van der Waals surface area contributed by atoms with Crippen LogP contribution in [0.15, 0.2) is 35.1 Å². The van der Waals surface area contributed by atoms with Crippen molar-refractivity contribution < 1.29 is 4.79 Å². The number of nitrogens with two attached hydrogens (primary N) is 1. The molecule has 1 aliphatic heterocycles. The number of likely N-dealkylation sites (tertiary alicyclic amines) is 1. The van der Waals surface area contributed by atoms with Gasteiger partial charge in [0, 0.05) is 19.0 Å². The summed E-state index contributed by atoms with van der Waals surface area (Å²) in [6, 6.07) is 8.56. The molecular weight excluding hydrogens is 242 g/mol. The van der Waals surface area contributed by atoms with Gasteiger partial charge in [-0.3, -0.25) is 14.2 Å². The molecule has 1 atom stereocenters. The Balaban J connectivity index is 2.25. The summed E-state index contributed by atoms with van der Waals surface area (Å²) in [5.74, 6) is 0.293. The van der Waals surface area contributed by atoms with E-state index in [-0.39, 0.29) is 11.5 Å². The molecule has 0 spiro atoms. The molecule has 3 rings (SSSR count). The highest BCUT2D eigenvalue weighted by molar-refractivity contribution is 5.86. The Morgan fingerprint density at radius 2 is 2.00 bits per heavy atom. The van der Waals surface area contributed by atoms with Crippen molar-refractivity contribution in [2.75, 3.05) is 19.3 Å². The van der Waals surface area contributed by atoms with Gasteiger partial charge in [0.2, 0.25) is 5.91 Å². The zero-order valence-corrected chi connectivity index (χ0v) is 10.7. The number of amides is 1. The van der Waals surface area contributed by atoms with Crippen LogP contribution in [0.4, 0.5) is 5.82 Å². The lowest BCUT2D eigenvalue weighted by Gasteiger charge is -2.16. The number of nitrogens with zero attached hydrogens (tertiary/aromatic N) is 2. The molecule has 1 aliphatic rings. The zero-order valence-electron chi connectivity index (χ0n) is 10.7. The Kier molecular flexibility index (Phi) is 2.55. The van der Waals surface area contributed by atoms with Crippen molar-refractivity contribution in [1.82, 2.24) is 9.47 Å². The van der Waals surface area contributed by atoms with E-state index in [2.05, 4.69) is 0 Å². The second kappa shape index (κ2) is 4.12. The van der Waals surface area contributed by atoms with Gasteiger partial charge in [0.15, 0.2) is 0 Å². The number of benzene rings is 1. The highest BCUT2D eigenvalue weighted by Crippen LogP contribution is 2.24. The summed E-state index contributed by atoms with van der Waals surface area (Å²) in [7, 11) is 1.74. The molecule has 5 heteroatoms. The van der Waals surface area contributed by atoms with E-state index in [9.17, 15) is 9.59 Å². The number of likely N-dealkylation sites (N-methyl/N-ethyl adjacent to an activating group) is 1. The number of anilines is 1. The summed E-state index contributed by atoms with van der Waals surface area (Å²) in [5.41, 5.74) is 5.78. The van der Waals surface area contributed by atoms with E-state index in [4.69, 9.17) is 5.73 Å². The minimum Gasteiger partial charge on any atom is -0.385 e. The van der Waals surface area contributed by atoms with E-state index in [0.29, 0.717) is 24.2 Å². The third-order valence-corrected chi connectivity index (χ3v) is 3.70. The highest BCUT2D eigenvalue weighted by Gasteiger charge is 2.32. The first-order valence-electron chi connectivity index (χ1n) is 6.24. The third kappa shape index (κ3) is 1.69. The van der Waals surface area contributed by atoms with E-state index >= 15 is 0 Å². The topological polar surface area (TPSA) is 68.3 Å². The van der Waals surface area contributed by atoms with Crippen LogP contribution in [0.1, 0.15) is 12.5 Å². The number of rotatable bonds is 1. The number of nitrogen functional groups attached to an aromatic ring is 1. The zero-order chi connectivity index (χ0) is 13.6. The number of pyridine rings is 1. The molecule has 1 fully saturated rings. The van der Waals surface area contributed by atoms with Crippen LogP contribution in [0.3, 0.4) is 0 Å². The first kappa shape index (κ1) is 11.8. The lowest BCUT2D eigenvalue weighted by molar-refractivity contribution is -0.129. The maximum Gasteiger partial charge on any atom is 0.260 e. The number of carbonyl (C=O) groups is 1. The second-order valence-electron chi connectivity index (χ2n) is 4.90. The first-order valence-corrected chi connectivity index (χ1v) is 6.24. The fraction of sp³-hybridized carbons (Fsp3) is 0.286. The fourth-order valence-corrected chi connectivity index (χ4v) is 2.66. The maximum absolute atomic E-state index is 12.5. The first-order chi connectivity index (χ1) is 9.09. The predicted molar refractivity (Wildman–Crippen MR) is 73.9 cm³/mol. The molecule has 2 aromatic rings. The molecular formula is C14H15N3O2. The summed E-state index contributed by atoms with van der Waals surface area (Å²) >= 11 is 0. The molecule has 2 heterocycles. The summed E-state index contributed by atoms with van der Waals surface area (Å²) in [4.78, 5) is 26.2. The van der Waals surface area contributed by atoms with Crippen molar-refractivity contribution >= 4 is 22.5 Å². The van der Waals surface area contributed by atoms with Crippen molar-refractivity contribution in [3.8, 4) is 0 Å². The van der Waals surface area contributed by atoms with E-state index in [0.717, 1.165) is 5.39 Å². The lowest BCUT2D eigenvalue weighted by Crippen LogP contribution is -2.32. The predicted octanol–water partition coefficient (Wildman–Crippen LogP) is 0.987. The molecule has 1 aromatic carbocycles. The lowest BCUT2D eigenvalue weighted by atomic mass is 10.1. The summed E-state index contributed by atoms with van der Waals surface area (Å²) in [6.07, 6.45) is 0.623. The Bertz CT molecular complexity index is 720. The van der Waals surface area contributed by atoms with E-state index < -0.39 is 6.04 Å². The number of hydrogen-bond acceptors (Lipinski definition) is 3. The van der Waals surface area contributed by atoms with Crippen molar-refractivity contribution in [1.29, 1.82) is 0 Å². The van der Waals surface area contributed by atoms with Crippen LogP contribution >= 0.6 is 0 Å². The van der Waals surface area contributed by atoms with Gasteiger partial charge in [-0.05, 0) is 23.9 Å². The molecule has 1 saturated heterocycles. The molecule has 1 aromatic heterocycles. The van der Waals surface area contributed by atoms with Crippen molar-refractivity contribution in [3.63, 3.8) is 0 Å². The van der Waals surface area contributed by atoms with Crippen LogP contribution < -0.4 is 11.3 Å². The van der Waals surface area contributed by atoms with Gasteiger partial charge in [0.1, 0.15) is 11.9 Å². The van der Waals surface area contributed by atoms with Crippen LogP contribution in [0.2, 0.25) is 0 Å². The maximum atomic E-state index is 12.5. The Labute approximate surface area is 110 Å². The average Bonchev–Trinajstić information content (AvgIpc) is 2.71. The molecule has 2 N–H and O–H groups in total. The molecule has 0 bridgehead atoms. The van der Waals surface area contributed by atoms with Crippen molar-refractivity contribution in [2.45, 2.75) is 12.5 Å². The van der Waals surface area contributed by atoms with Gasteiger partial charge in [0.05, 0.1) is 0 Å². The van der Waals surface area contributed by atoms with Crippen LogP contribution in [0.5, 0.6) is 0 Å². The summed E-state index contributed by atoms with van der Waals surface area (Å²) in [5, 5.41) is 1.40. The minimum atomic E-state index is -0.470. The standard InChI is InChI=1S/C14H15N3O2/c1-16-7-6-11(14(16)19)17-12(15)8-9-4-2-3-5-10(9)13(17)18/h2-5,8,11H,6-7,15H2,1H3. The monoisotopic (exact) mass is 257 g/mol. The fourth-order valence-electron chi connectivity index (χ4n) is 2.66. The molecule has 0 aliphatic carbocycles.